The van der Waals surface area contributed by atoms with Gasteiger partial charge in [-0.3, -0.25) is 4.98 Å². The molecule has 27 heavy (non-hydrogen) atoms. The van der Waals surface area contributed by atoms with Crippen LogP contribution in [-0.2, 0) is 19.3 Å². The Bertz CT molecular complexity index is 993. The predicted molar refractivity (Wildman–Crippen MR) is 110 cm³/mol. The third-order valence-electron chi connectivity index (χ3n) is 5.45. The second-order valence-corrected chi connectivity index (χ2v) is 6.85. The summed E-state index contributed by atoms with van der Waals surface area (Å²) < 4.78 is 11.1. The number of methoxy groups -OCH3 is 2. The predicted octanol–water partition coefficient (Wildman–Crippen LogP) is 5.46. The Morgan fingerprint density at radius 3 is 2.22 bits per heavy atom. The van der Waals surface area contributed by atoms with Crippen LogP contribution in [0.1, 0.15) is 36.4 Å². The monoisotopic (exact) mass is 359 g/mol. The Balaban J connectivity index is 2.06. The average Bonchev–Trinajstić information content (AvgIpc) is 3.08. The van der Waals surface area contributed by atoms with E-state index in [1.165, 1.54) is 39.1 Å². The number of benzene rings is 2. The normalized spacial score (nSPS) is 11.9. The molecular weight excluding hydrogens is 334 g/mol. The van der Waals surface area contributed by atoms with Crippen LogP contribution in [0.4, 0.5) is 0 Å². The number of nitrogens with zero attached hydrogens (tertiary/aromatic N) is 1. The molecule has 3 nitrogen and oxygen atoms in total. The van der Waals surface area contributed by atoms with E-state index in [0.29, 0.717) is 0 Å². The molecule has 0 fully saturated rings. The molecular formula is C24H25NO2. The van der Waals surface area contributed by atoms with Crippen molar-refractivity contribution in [1.29, 1.82) is 0 Å². The zero-order chi connectivity index (χ0) is 19.0. The standard InChI is InChI=1S/C24H25NO2/c1-5-17-19(6-2)25-20-12-16-13-21(26-3)22(27-4)14-18(16)24(20)23(17)15-10-8-7-9-11-15/h7-11,13-14H,5-6,12H2,1-4H3. The van der Waals surface area contributed by atoms with Crippen molar-refractivity contribution in [3.05, 3.63) is 65.0 Å². The second kappa shape index (κ2) is 7.07. The van der Waals surface area contributed by atoms with E-state index in [1.807, 2.05) is 0 Å². The quantitative estimate of drug-likeness (QED) is 0.474. The molecule has 1 heterocycles. The molecule has 0 atom stereocenters. The van der Waals surface area contributed by atoms with E-state index >= 15 is 0 Å². The molecule has 1 aliphatic rings. The molecule has 3 aromatic rings. The smallest absolute Gasteiger partial charge is 0.161 e. The van der Waals surface area contributed by atoms with E-state index in [-0.39, 0.29) is 0 Å². The molecule has 3 heteroatoms. The zero-order valence-electron chi connectivity index (χ0n) is 16.4. The van der Waals surface area contributed by atoms with Gasteiger partial charge >= 0.3 is 0 Å². The van der Waals surface area contributed by atoms with Gasteiger partial charge in [-0.1, -0.05) is 44.2 Å². The number of hydrogen-bond donors (Lipinski definition) is 0. The van der Waals surface area contributed by atoms with Crippen LogP contribution in [0, 0.1) is 0 Å². The Morgan fingerprint density at radius 1 is 0.889 bits per heavy atom. The van der Waals surface area contributed by atoms with Gasteiger partial charge in [0.25, 0.3) is 0 Å². The maximum absolute atomic E-state index is 5.58. The van der Waals surface area contributed by atoms with Gasteiger partial charge in [0.1, 0.15) is 0 Å². The highest BCUT2D eigenvalue weighted by atomic mass is 16.5. The lowest BCUT2D eigenvalue weighted by molar-refractivity contribution is 0.355. The summed E-state index contributed by atoms with van der Waals surface area (Å²) in [7, 11) is 3.37. The minimum absolute atomic E-state index is 0.765. The van der Waals surface area contributed by atoms with Crippen molar-refractivity contribution in [3.8, 4) is 33.8 Å². The number of fused-ring (bicyclic) bond motifs is 3. The molecule has 0 N–H and O–H groups in total. The van der Waals surface area contributed by atoms with E-state index < -0.39 is 0 Å². The Kier molecular flexibility index (Phi) is 4.61. The highest BCUT2D eigenvalue weighted by Crippen LogP contribution is 2.48. The highest BCUT2D eigenvalue weighted by Gasteiger charge is 2.28. The maximum atomic E-state index is 5.58. The Morgan fingerprint density at radius 2 is 1.59 bits per heavy atom. The van der Waals surface area contributed by atoms with Crippen molar-refractivity contribution in [3.63, 3.8) is 0 Å². The van der Waals surface area contributed by atoms with E-state index in [4.69, 9.17) is 14.5 Å². The van der Waals surface area contributed by atoms with Gasteiger partial charge in [0.2, 0.25) is 0 Å². The number of rotatable bonds is 5. The number of ether oxygens (including phenoxy) is 2. The molecule has 0 bridgehead atoms. The van der Waals surface area contributed by atoms with Gasteiger partial charge in [0.15, 0.2) is 11.5 Å². The van der Waals surface area contributed by atoms with Crippen LogP contribution in [-0.4, -0.2) is 19.2 Å². The molecule has 0 radical (unpaired) electrons. The highest BCUT2D eigenvalue weighted by molar-refractivity contribution is 5.92. The molecule has 0 aliphatic heterocycles. The van der Waals surface area contributed by atoms with Crippen LogP contribution in [0.5, 0.6) is 11.5 Å². The van der Waals surface area contributed by atoms with Gasteiger partial charge < -0.3 is 9.47 Å². The fourth-order valence-corrected chi connectivity index (χ4v) is 4.22. The molecule has 1 aliphatic carbocycles. The van der Waals surface area contributed by atoms with Crippen LogP contribution >= 0.6 is 0 Å². The van der Waals surface area contributed by atoms with Crippen LogP contribution in [0.25, 0.3) is 22.3 Å². The van der Waals surface area contributed by atoms with Gasteiger partial charge in [-0.2, -0.15) is 0 Å². The minimum Gasteiger partial charge on any atom is -0.493 e. The summed E-state index contributed by atoms with van der Waals surface area (Å²) in [6.07, 6.45) is 2.75. The van der Waals surface area contributed by atoms with E-state index in [1.54, 1.807) is 14.2 Å². The van der Waals surface area contributed by atoms with Crippen LogP contribution < -0.4 is 9.47 Å². The molecule has 0 unspecified atom stereocenters. The number of aromatic nitrogens is 1. The Labute approximate surface area is 161 Å². The first-order valence-corrected chi connectivity index (χ1v) is 9.57. The first kappa shape index (κ1) is 17.6. The minimum atomic E-state index is 0.765. The third kappa shape index (κ3) is 2.78. The van der Waals surface area contributed by atoms with Crippen molar-refractivity contribution in [2.45, 2.75) is 33.1 Å². The molecule has 1 aromatic heterocycles. The summed E-state index contributed by atoms with van der Waals surface area (Å²) in [5.74, 6) is 1.54. The van der Waals surface area contributed by atoms with E-state index in [0.717, 1.165) is 36.5 Å². The summed E-state index contributed by atoms with van der Waals surface area (Å²) in [6, 6.07) is 14.9. The van der Waals surface area contributed by atoms with Crippen LogP contribution in [0.15, 0.2) is 42.5 Å². The maximum Gasteiger partial charge on any atom is 0.161 e. The van der Waals surface area contributed by atoms with Gasteiger partial charge in [-0.15, -0.1) is 0 Å². The summed E-state index contributed by atoms with van der Waals surface area (Å²) in [6.45, 7) is 4.41. The summed E-state index contributed by atoms with van der Waals surface area (Å²) in [5, 5.41) is 0. The first-order chi connectivity index (χ1) is 13.2. The fourth-order valence-electron chi connectivity index (χ4n) is 4.22. The molecule has 0 saturated carbocycles. The van der Waals surface area contributed by atoms with Gasteiger partial charge in [-0.05, 0) is 52.8 Å². The largest absolute Gasteiger partial charge is 0.493 e. The number of aryl methyl sites for hydroxylation is 1. The lowest BCUT2D eigenvalue weighted by atomic mass is 9.89. The average molecular weight is 359 g/mol. The lowest BCUT2D eigenvalue weighted by Gasteiger charge is -2.18. The lowest BCUT2D eigenvalue weighted by Crippen LogP contribution is -2.04. The molecule has 0 spiro atoms. The van der Waals surface area contributed by atoms with Crippen molar-refractivity contribution in [2.24, 2.45) is 0 Å². The summed E-state index contributed by atoms with van der Waals surface area (Å²) >= 11 is 0. The molecule has 0 saturated heterocycles. The van der Waals surface area contributed by atoms with E-state index in [2.05, 4.69) is 56.3 Å². The van der Waals surface area contributed by atoms with Crippen LogP contribution in [0.2, 0.25) is 0 Å². The van der Waals surface area contributed by atoms with Crippen LogP contribution in [0.3, 0.4) is 0 Å². The van der Waals surface area contributed by atoms with Gasteiger partial charge in [0, 0.05) is 17.7 Å². The third-order valence-corrected chi connectivity index (χ3v) is 5.45. The number of pyridine rings is 1. The van der Waals surface area contributed by atoms with Crippen molar-refractivity contribution in [2.75, 3.05) is 14.2 Å². The summed E-state index contributed by atoms with van der Waals surface area (Å²) in [4.78, 5) is 5.07. The SMILES string of the molecule is CCc1nc2c(c(-c3ccccc3)c1CC)-c1cc(OC)c(OC)cc1C2. The van der Waals surface area contributed by atoms with Crippen molar-refractivity contribution >= 4 is 0 Å². The topological polar surface area (TPSA) is 31.4 Å². The van der Waals surface area contributed by atoms with Gasteiger partial charge in [-0.25, -0.2) is 0 Å². The molecule has 4 rings (SSSR count). The van der Waals surface area contributed by atoms with E-state index in [9.17, 15) is 0 Å². The molecule has 138 valence electrons. The Hall–Kier alpha value is -2.81. The fraction of sp³-hybridized carbons (Fsp3) is 0.292. The zero-order valence-corrected chi connectivity index (χ0v) is 16.4. The van der Waals surface area contributed by atoms with Crippen molar-refractivity contribution < 1.29 is 9.47 Å². The van der Waals surface area contributed by atoms with Crippen molar-refractivity contribution in [1.82, 2.24) is 4.98 Å². The first-order valence-electron chi connectivity index (χ1n) is 9.57. The second-order valence-electron chi connectivity index (χ2n) is 6.85. The molecule has 2 aromatic carbocycles. The number of hydrogen-bond acceptors (Lipinski definition) is 3. The molecule has 0 amide bonds. The summed E-state index contributed by atoms with van der Waals surface area (Å²) in [5.41, 5.74) is 10.0. The van der Waals surface area contributed by atoms with Gasteiger partial charge in [0.05, 0.1) is 19.9 Å².